The van der Waals surface area contributed by atoms with Gasteiger partial charge in [0, 0.05) is 20.1 Å². The zero-order valence-electron chi connectivity index (χ0n) is 9.99. The Morgan fingerprint density at radius 3 is 2.82 bits per heavy atom. The van der Waals surface area contributed by atoms with Gasteiger partial charge < -0.3 is 14.2 Å². The van der Waals surface area contributed by atoms with Crippen molar-refractivity contribution in [3.8, 4) is 0 Å². The van der Waals surface area contributed by atoms with Gasteiger partial charge >= 0.3 is 0 Å². The SMILES string of the molecule is CN(CCN1CCCC1)C(=O)c1ccoc1Br. The van der Waals surface area contributed by atoms with Crippen LogP contribution in [0, 0.1) is 0 Å². The number of furan rings is 1. The smallest absolute Gasteiger partial charge is 0.258 e. The minimum atomic E-state index is 0.00446. The molecule has 1 aromatic heterocycles. The molecule has 0 unspecified atom stereocenters. The van der Waals surface area contributed by atoms with Crippen LogP contribution in [0.5, 0.6) is 0 Å². The Balaban J connectivity index is 1.85. The third kappa shape index (κ3) is 3.10. The number of likely N-dealkylation sites (N-methyl/N-ethyl adjacent to an activating group) is 1. The molecule has 0 aromatic carbocycles. The highest BCUT2D eigenvalue weighted by Gasteiger charge is 2.18. The average Bonchev–Trinajstić information content (AvgIpc) is 2.95. The number of halogens is 1. The molecule has 1 fully saturated rings. The van der Waals surface area contributed by atoms with Crippen molar-refractivity contribution in [1.29, 1.82) is 0 Å². The number of nitrogens with zero attached hydrogens (tertiary/aromatic N) is 2. The van der Waals surface area contributed by atoms with Crippen LogP contribution in [0.2, 0.25) is 0 Å². The summed E-state index contributed by atoms with van der Waals surface area (Å²) in [4.78, 5) is 16.2. The van der Waals surface area contributed by atoms with Crippen LogP contribution < -0.4 is 0 Å². The van der Waals surface area contributed by atoms with Gasteiger partial charge in [-0.15, -0.1) is 0 Å². The Bertz CT molecular complexity index is 386. The van der Waals surface area contributed by atoms with Crippen LogP contribution in [0.3, 0.4) is 0 Å². The summed E-state index contributed by atoms with van der Waals surface area (Å²) in [5.74, 6) is 0.00446. The summed E-state index contributed by atoms with van der Waals surface area (Å²) in [5.41, 5.74) is 0.592. The summed E-state index contributed by atoms with van der Waals surface area (Å²) < 4.78 is 5.58. The first-order valence-electron chi connectivity index (χ1n) is 5.89. The molecule has 1 aromatic rings. The normalized spacial score (nSPS) is 16.4. The van der Waals surface area contributed by atoms with Crippen molar-refractivity contribution in [1.82, 2.24) is 9.80 Å². The third-order valence-electron chi connectivity index (χ3n) is 3.15. The lowest BCUT2D eigenvalue weighted by atomic mass is 10.3. The second kappa shape index (κ2) is 5.69. The van der Waals surface area contributed by atoms with Gasteiger partial charge in [0.05, 0.1) is 11.8 Å². The Morgan fingerprint density at radius 2 is 2.24 bits per heavy atom. The van der Waals surface area contributed by atoms with Crippen molar-refractivity contribution in [3.63, 3.8) is 0 Å². The van der Waals surface area contributed by atoms with Crippen molar-refractivity contribution in [3.05, 3.63) is 22.6 Å². The van der Waals surface area contributed by atoms with Crippen molar-refractivity contribution in [2.45, 2.75) is 12.8 Å². The molecule has 0 bridgehead atoms. The molecule has 1 aliphatic rings. The first kappa shape index (κ1) is 12.6. The number of hydrogen-bond donors (Lipinski definition) is 0. The van der Waals surface area contributed by atoms with E-state index in [1.807, 2.05) is 7.05 Å². The van der Waals surface area contributed by atoms with Gasteiger partial charge in [-0.2, -0.15) is 0 Å². The molecule has 2 rings (SSSR count). The predicted molar refractivity (Wildman–Crippen MR) is 69.0 cm³/mol. The first-order chi connectivity index (χ1) is 8.18. The number of amides is 1. The van der Waals surface area contributed by atoms with Crippen molar-refractivity contribution in [2.75, 3.05) is 33.2 Å². The van der Waals surface area contributed by atoms with E-state index in [0.29, 0.717) is 10.2 Å². The molecule has 5 heteroatoms. The zero-order chi connectivity index (χ0) is 12.3. The van der Waals surface area contributed by atoms with E-state index in [9.17, 15) is 4.79 Å². The van der Waals surface area contributed by atoms with E-state index in [4.69, 9.17) is 4.42 Å². The number of likely N-dealkylation sites (tertiary alicyclic amines) is 1. The van der Waals surface area contributed by atoms with E-state index < -0.39 is 0 Å². The van der Waals surface area contributed by atoms with Crippen LogP contribution in [0.4, 0.5) is 0 Å². The van der Waals surface area contributed by atoms with Gasteiger partial charge in [-0.05, 0) is 47.9 Å². The molecule has 1 amide bonds. The van der Waals surface area contributed by atoms with Crippen LogP contribution in [-0.4, -0.2) is 48.9 Å². The van der Waals surface area contributed by atoms with Gasteiger partial charge in [-0.1, -0.05) is 0 Å². The maximum Gasteiger partial charge on any atom is 0.258 e. The van der Waals surface area contributed by atoms with Crippen LogP contribution >= 0.6 is 15.9 Å². The summed E-state index contributed by atoms with van der Waals surface area (Å²) >= 11 is 3.23. The molecular formula is C12H17BrN2O2. The maximum atomic E-state index is 12.0. The minimum Gasteiger partial charge on any atom is -0.457 e. The molecule has 94 valence electrons. The van der Waals surface area contributed by atoms with Crippen LogP contribution in [-0.2, 0) is 0 Å². The molecular weight excluding hydrogens is 284 g/mol. The van der Waals surface area contributed by atoms with Gasteiger partial charge in [0.25, 0.3) is 5.91 Å². The van der Waals surface area contributed by atoms with E-state index in [0.717, 1.165) is 26.2 Å². The largest absolute Gasteiger partial charge is 0.457 e. The van der Waals surface area contributed by atoms with Gasteiger partial charge in [-0.3, -0.25) is 4.79 Å². The Hall–Kier alpha value is -0.810. The molecule has 0 spiro atoms. The Labute approximate surface area is 110 Å². The first-order valence-corrected chi connectivity index (χ1v) is 6.68. The zero-order valence-corrected chi connectivity index (χ0v) is 11.6. The fraction of sp³-hybridized carbons (Fsp3) is 0.583. The summed E-state index contributed by atoms with van der Waals surface area (Å²) in [7, 11) is 1.83. The fourth-order valence-corrected chi connectivity index (χ4v) is 2.46. The number of rotatable bonds is 4. The highest BCUT2D eigenvalue weighted by atomic mass is 79.9. The molecule has 0 N–H and O–H groups in total. The monoisotopic (exact) mass is 300 g/mol. The Morgan fingerprint density at radius 1 is 1.53 bits per heavy atom. The van der Waals surface area contributed by atoms with E-state index in [1.54, 1.807) is 11.0 Å². The highest BCUT2D eigenvalue weighted by Crippen LogP contribution is 2.19. The fourth-order valence-electron chi connectivity index (χ4n) is 2.05. The van der Waals surface area contributed by atoms with Crippen molar-refractivity contribution >= 4 is 21.8 Å². The third-order valence-corrected chi connectivity index (χ3v) is 3.76. The number of carbonyl (C=O) groups excluding carboxylic acids is 1. The average molecular weight is 301 g/mol. The number of hydrogen-bond acceptors (Lipinski definition) is 3. The van der Waals surface area contributed by atoms with Gasteiger partial charge in [0.1, 0.15) is 0 Å². The van der Waals surface area contributed by atoms with E-state index in [1.165, 1.54) is 19.1 Å². The quantitative estimate of drug-likeness (QED) is 0.855. The second-order valence-corrected chi connectivity index (χ2v) is 5.10. The van der Waals surface area contributed by atoms with Crippen LogP contribution in [0.15, 0.2) is 21.4 Å². The van der Waals surface area contributed by atoms with E-state index >= 15 is 0 Å². The summed E-state index contributed by atoms with van der Waals surface area (Å²) in [6.07, 6.45) is 4.08. The standard InChI is InChI=1S/C12H17BrN2O2/c1-14(7-8-15-5-2-3-6-15)12(16)10-4-9-17-11(10)13/h4,9H,2-3,5-8H2,1H3. The lowest BCUT2D eigenvalue weighted by Gasteiger charge is -2.21. The van der Waals surface area contributed by atoms with Crippen molar-refractivity contribution in [2.24, 2.45) is 0 Å². The predicted octanol–water partition coefficient (Wildman–Crippen LogP) is 2.21. The molecule has 0 radical (unpaired) electrons. The second-order valence-electron chi connectivity index (χ2n) is 4.38. The topological polar surface area (TPSA) is 36.7 Å². The minimum absolute atomic E-state index is 0.00446. The molecule has 0 atom stereocenters. The van der Waals surface area contributed by atoms with E-state index in [-0.39, 0.29) is 5.91 Å². The highest BCUT2D eigenvalue weighted by molar-refractivity contribution is 9.10. The van der Waals surface area contributed by atoms with Gasteiger partial charge in [-0.25, -0.2) is 0 Å². The lowest BCUT2D eigenvalue weighted by Crippen LogP contribution is -2.35. The van der Waals surface area contributed by atoms with Crippen LogP contribution in [0.25, 0.3) is 0 Å². The molecule has 0 saturated carbocycles. The molecule has 2 heterocycles. The molecule has 17 heavy (non-hydrogen) atoms. The maximum absolute atomic E-state index is 12.0. The van der Waals surface area contributed by atoms with Crippen LogP contribution in [0.1, 0.15) is 23.2 Å². The molecule has 1 aliphatic heterocycles. The Kier molecular flexibility index (Phi) is 4.23. The molecule has 4 nitrogen and oxygen atoms in total. The molecule has 0 aliphatic carbocycles. The summed E-state index contributed by atoms with van der Waals surface area (Å²) in [6.45, 7) is 4.04. The van der Waals surface area contributed by atoms with Gasteiger partial charge in [0.15, 0.2) is 4.67 Å². The molecule has 1 saturated heterocycles. The van der Waals surface area contributed by atoms with E-state index in [2.05, 4.69) is 20.8 Å². The van der Waals surface area contributed by atoms with Crippen molar-refractivity contribution < 1.29 is 9.21 Å². The number of carbonyl (C=O) groups is 1. The lowest BCUT2D eigenvalue weighted by molar-refractivity contribution is 0.0780. The van der Waals surface area contributed by atoms with Gasteiger partial charge in [0.2, 0.25) is 0 Å². The summed E-state index contributed by atoms with van der Waals surface area (Å²) in [6, 6.07) is 1.69. The summed E-state index contributed by atoms with van der Waals surface area (Å²) in [5, 5.41) is 0.